The third-order valence-electron chi connectivity index (χ3n) is 5.70. The van der Waals surface area contributed by atoms with Gasteiger partial charge in [0.1, 0.15) is 5.75 Å². The van der Waals surface area contributed by atoms with Crippen molar-refractivity contribution in [3.05, 3.63) is 29.8 Å². The molecule has 1 aliphatic carbocycles. The minimum atomic E-state index is 0.777. The second kappa shape index (κ2) is 8.73. The fraction of sp³-hybridized carbons (Fsp3) is 0.714. The highest BCUT2D eigenvalue weighted by molar-refractivity contribution is 5.29. The van der Waals surface area contributed by atoms with Crippen molar-refractivity contribution < 1.29 is 4.74 Å². The lowest BCUT2D eigenvalue weighted by Crippen LogP contribution is -2.31. The smallest absolute Gasteiger partial charge is 0.119 e. The maximum absolute atomic E-state index is 5.93. The van der Waals surface area contributed by atoms with Gasteiger partial charge in [0.15, 0.2) is 0 Å². The molecule has 23 heavy (non-hydrogen) atoms. The van der Waals surface area contributed by atoms with Gasteiger partial charge in [0.05, 0.1) is 6.61 Å². The number of benzene rings is 1. The van der Waals surface area contributed by atoms with Crippen LogP contribution in [0.5, 0.6) is 5.75 Å². The summed E-state index contributed by atoms with van der Waals surface area (Å²) in [6.45, 7) is 7.00. The van der Waals surface area contributed by atoms with Gasteiger partial charge in [0, 0.05) is 6.54 Å². The van der Waals surface area contributed by atoms with E-state index in [4.69, 9.17) is 4.74 Å². The average Bonchev–Trinajstić information content (AvgIpc) is 2.61. The van der Waals surface area contributed by atoms with Gasteiger partial charge in [-0.15, -0.1) is 0 Å². The van der Waals surface area contributed by atoms with Crippen molar-refractivity contribution in [2.75, 3.05) is 26.2 Å². The van der Waals surface area contributed by atoms with Crippen molar-refractivity contribution in [1.29, 1.82) is 0 Å². The molecule has 1 aliphatic heterocycles. The molecule has 0 spiro atoms. The minimum absolute atomic E-state index is 0.777. The van der Waals surface area contributed by atoms with Crippen molar-refractivity contribution in [2.45, 2.75) is 64.2 Å². The van der Waals surface area contributed by atoms with Crippen LogP contribution in [0.4, 0.5) is 0 Å². The third-order valence-corrected chi connectivity index (χ3v) is 5.70. The van der Waals surface area contributed by atoms with Gasteiger partial charge in [-0.25, -0.2) is 0 Å². The van der Waals surface area contributed by atoms with Crippen LogP contribution in [0.1, 0.15) is 69.8 Å². The Labute approximate surface area is 142 Å². The lowest BCUT2D eigenvalue weighted by Gasteiger charge is -2.26. The summed E-state index contributed by atoms with van der Waals surface area (Å²) in [4.78, 5) is 2.58. The summed E-state index contributed by atoms with van der Waals surface area (Å²) in [7, 11) is 0. The lowest BCUT2D eigenvalue weighted by atomic mass is 9.79. The highest BCUT2D eigenvalue weighted by Crippen LogP contribution is 2.35. The standard InChI is InChI=1S/C21H33NO/c1-18-6-8-19(9-7-18)20-10-12-21(13-11-20)23-17-5-16-22-14-3-2-4-15-22/h10-13,18-19H,2-9,14-17H2,1H3. The van der Waals surface area contributed by atoms with E-state index in [0.29, 0.717) is 0 Å². The summed E-state index contributed by atoms with van der Waals surface area (Å²) in [5, 5.41) is 0. The summed E-state index contributed by atoms with van der Waals surface area (Å²) >= 11 is 0. The molecule has 0 aromatic heterocycles. The largest absolute Gasteiger partial charge is 0.494 e. The Hall–Kier alpha value is -1.02. The molecule has 0 N–H and O–H groups in total. The molecule has 1 aromatic rings. The summed E-state index contributed by atoms with van der Waals surface area (Å²) < 4.78 is 5.93. The zero-order valence-corrected chi connectivity index (χ0v) is 14.8. The highest BCUT2D eigenvalue weighted by atomic mass is 16.5. The number of nitrogens with zero attached hydrogens (tertiary/aromatic N) is 1. The summed E-state index contributed by atoms with van der Waals surface area (Å²) in [6.07, 6.45) is 10.8. The van der Waals surface area contributed by atoms with E-state index < -0.39 is 0 Å². The van der Waals surface area contributed by atoms with Crippen molar-refractivity contribution in [2.24, 2.45) is 5.92 Å². The molecule has 128 valence electrons. The number of hydrogen-bond donors (Lipinski definition) is 0. The van der Waals surface area contributed by atoms with E-state index in [9.17, 15) is 0 Å². The lowest BCUT2D eigenvalue weighted by molar-refractivity contribution is 0.205. The van der Waals surface area contributed by atoms with Crippen molar-refractivity contribution in [3.63, 3.8) is 0 Å². The Bertz CT molecular complexity index is 441. The molecule has 1 saturated heterocycles. The first kappa shape index (κ1) is 16.8. The number of piperidine rings is 1. The summed E-state index contributed by atoms with van der Waals surface area (Å²) in [6, 6.07) is 8.93. The molecule has 0 bridgehead atoms. The predicted molar refractivity (Wildman–Crippen MR) is 97.2 cm³/mol. The van der Waals surface area contributed by atoms with E-state index in [1.54, 1.807) is 0 Å². The minimum Gasteiger partial charge on any atom is -0.494 e. The molecule has 1 heterocycles. The normalized spacial score (nSPS) is 26.1. The maximum Gasteiger partial charge on any atom is 0.119 e. The Balaban J connectivity index is 1.37. The number of likely N-dealkylation sites (tertiary alicyclic amines) is 1. The number of ether oxygens (including phenoxy) is 1. The first-order valence-electron chi connectivity index (χ1n) is 9.76. The second-order valence-corrected chi connectivity index (χ2v) is 7.63. The van der Waals surface area contributed by atoms with Gasteiger partial charge in [0.2, 0.25) is 0 Å². The molecule has 0 atom stereocenters. The van der Waals surface area contributed by atoms with Crippen LogP contribution in [-0.4, -0.2) is 31.1 Å². The van der Waals surface area contributed by atoms with Crippen molar-refractivity contribution in [1.82, 2.24) is 4.90 Å². The topological polar surface area (TPSA) is 12.5 Å². The monoisotopic (exact) mass is 315 g/mol. The van der Waals surface area contributed by atoms with Crippen LogP contribution in [0.2, 0.25) is 0 Å². The molecular formula is C21H33NO. The van der Waals surface area contributed by atoms with Crippen LogP contribution >= 0.6 is 0 Å². The Morgan fingerprint density at radius 2 is 1.65 bits per heavy atom. The zero-order chi connectivity index (χ0) is 15.9. The molecule has 3 rings (SSSR count). The van der Waals surface area contributed by atoms with E-state index >= 15 is 0 Å². The predicted octanol–water partition coefficient (Wildman–Crippen LogP) is 5.24. The van der Waals surface area contributed by atoms with Crippen LogP contribution in [0.3, 0.4) is 0 Å². The van der Waals surface area contributed by atoms with E-state index in [2.05, 4.69) is 36.1 Å². The summed E-state index contributed by atoms with van der Waals surface area (Å²) in [5.74, 6) is 2.74. The van der Waals surface area contributed by atoms with Gasteiger partial charge in [-0.05, 0) is 74.7 Å². The molecule has 2 aliphatic rings. The molecule has 1 saturated carbocycles. The number of rotatable bonds is 6. The third kappa shape index (κ3) is 5.24. The van der Waals surface area contributed by atoms with Crippen LogP contribution in [0, 0.1) is 5.92 Å². The maximum atomic E-state index is 5.93. The van der Waals surface area contributed by atoms with Crippen molar-refractivity contribution >= 4 is 0 Å². The van der Waals surface area contributed by atoms with Gasteiger partial charge in [-0.3, -0.25) is 0 Å². The van der Waals surface area contributed by atoms with E-state index in [1.165, 1.54) is 70.1 Å². The molecule has 2 heteroatoms. The summed E-state index contributed by atoms with van der Waals surface area (Å²) in [5.41, 5.74) is 1.51. The quantitative estimate of drug-likeness (QED) is 0.666. The molecular weight excluding hydrogens is 282 g/mol. The van der Waals surface area contributed by atoms with Crippen LogP contribution in [0.15, 0.2) is 24.3 Å². The van der Waals surface area contributed by atoms with E-state index in [-0.39, 0.29) is 0 Å². The average molecular weight is 316 g/mol. The first-order chi connectivity index (χ1) is 11.3. The molecule has 1 aromatic carbocycles. The highest BCUT2D eigenvalue weighted by Gasteiger charge is 2.19. The molecule has 0 amide bonds. The first-order valence-corrected chi connectivity index (χ1v) is 9.76. The van der Waals surface area contributed by atoms with Gasteiger partial charge in [0.25, 0.3) is 0 Å². The van der Waals surface area contributed by atoms with Crippen LogP contribution in [-0.2, 0) is 0 Å². The molecule has 2 nitrogen and oxygen atoms in total. The fourth-order valence-electron chi connectivity index (χ4n) is 4.09. The number of hydrogen-bond acceptors (Lipinski definition) is 2. The Morgan fingerprint density at radius 1 is 0.957 bits per heavy atom. The second-order valence-electron chi connectivity index (χ2n) is 7.63. The van der Waals surface area contributed by atoms with Crippen LogP contribution < -0.4 is 4.74 Å². The Kier molecular flexibility index (Phi) is 6.38. The van der Waals surface area contributed by atoms with Crippen LogP contribution in [0.25, 0.3) is 0 Å². The van der Waals surface area contributed by atoms with Gasteiger partial charge in [-0.1, -0.05) is 38.3 Å². The Morgan fingerprint density at radius 3 is 2.35 bits per heavy atom. The zero-order valence-electron chi connectivity index (χ0n) is 14.8. The van der Waals surface area contributed by atoms with E-state index in [0.717, 1.165) is 30.6 Å². The van der Waals surface area contributed by atoms with Gasteiger partial charge in [-0.2, -0.15) is 0 Å². The molecule has 0 radical (unpaired) electrons. The molecule has 2 fully saturated rings. The molecule has 0 unspecified atom stereocenters. The van der Waals surface area contributed by atoms with Crippen molar-refractivity contribution in [3.8, 4) is 5.75 Å². The fourth-order valence-corrected chi connectivity index (χ4v) is 4.09. The van der Waals surface area contributed by atoms with E-state index in [1.807, 2.05) is 0 Å². The van der Waals surface area contributed by atoms with Gasteiger partial charge < -0.3 is 9.64 Å². The van der Waals surface area contributed by atoms with Gasteiger partial charge >= 0.3 is 0 Å². The SMILES string of the molecule is CC1CCC(c2ccc(OCCCN3CCCCC3)cc2)CC1.